The van der Waals surface area contributed by atoms with E-state index < -0.39 is 0 Å². The highest BCUT2D eigenvalue weighted by Crippen LogP contribution is 2.32. The third kappa shape index (κ3) is 3.33. The molecule has 0 aliphatic carbocycles. The summed E-state index contributed by atoms with van der Waals surface area (Å²) >= 11 is 9.29. The third-order valence-corrected chi connectivity index (χ3v) is 3.99. The van der Waals surface area contributed by atoms with Crippen LogP contribution in [0.5, 0.6) is 11.5 Å². The topological polar surface area (TPSA) is 52.5 Å². The lowest BCUT2D eigenvalue weighted by Crippen LogP contribution is -2.06. The van der Waals surface area contributed by atoms with E-state index in [1.54, 1.807) is 6.07 Å². The van der Waals surface area contributed by atoms with Gasteiger partial charge in [0.2, 0.25) is 0 Å². The first kappa shape index (κ1) is 14.0. The Morgan fingerprint density at radius 2 is 1.89 bits per heavy atom. The van der Waals surface area contributed by atoms with Crippen molar-refractivity contribution in [2.24, 2.45) is 0 Å². The van der Waals surface area contributed by atoms with Gasteiger partial charge in [-0.25, -0.2) is 0 Å². The molecular formula is C14H13BrClNO2. The molecule has 0 spiro atoms. The van der Waals surface area contributed by atoms with E-state index in [-0.39, 0.29) is 17.5 Å². The number of hydrogen-bond donors (Lipinski definition) is 3. The lowest BCUT2D eigenvalue weighted by Gasteiger charge is -2.17. The number of phenols is 2. The monoisotopic (exact) mass is 341 g/mol. The zero-order chi connectivity index (χ0) is 14.0. The second-order valence-electron chi connectivity index (χ2n) is 4.24. The molecule has 1 atom stereocenters. The van der Waals surface area contributed by atoms with E-state index in [4.69, 9.17) is 11.6 Å². The highest BCUT2D eigenvalue weighted by molar-refractivity contribution is 9.10. The van der Waals surface area contributed by atoms with Crippen molar-refractivity contribution in [2.75, 3.05) is 5.32 Å². The van der Waals surface area contributed by atoms with Gasteiger partial charge in [-0.3, -0.25) is 0 Å². The van der Waals surface area contributed by atoms with Crippen LogP contribution >= 0.6 is 27.5 Å². The molecule has 0 amide bonds. The van der Waals surface area contributed by atoms with Crippen LogP contribution in [0.4, 0.5) is 5.69 Å². The van der Waals surface area contributed by atoms with Gasteiger partial charge in [0, 0.05) is 15.7 Å². The van der Waals surface area contributed by atoms with Gasteiger partial charge in [0.15, 0.2) is 0 Å². The average Bonchev–Trinajstić information content (AvgIpc) is 2.36. The second kappa shape index (κ2) is 5.72. The maximum Gasteiger partial charge on any atom is 0.121 e. The minimum atomic E-state index is -0.153. The van der Waals surface area contributed by atoms with Gasteiger partial charge in [0.1, 0.15) is 11.5 Å². The van der Waals surface area contributed by atoms with Gasteiger partial charge in [-0.2, -0.15) is 0 Å². The fraction of sp³-hybridized carbons (Fsp3) is 0.143. The summed E-state index contributed by atoms with van der Waals surface area (Å²) in [5, 5.41) is 23.1. The van der Waals surface area contributed by atoms with Gasteiger partial charge in [-0.05, 0) is 59.3 Å². The van der Waals surface area contributed by atoms with E-state index in [1.807, 2.05) is 19.1 Å². The summed E-state index contributed by atoms with van der Waals surface area (Å²) in [7, 11) is 0. The van der Waals surface area contributed by atoms with Crippen LogP contribution in [0.2, 0.25) is 5.02 Å². The molecule has 3 nitrogen and oxygen atoms in total. The summed E-state index contributed by atoms with van der Waals surface area (Å²) < 4.78 is 0.798. The van der Waals surface area contributed by atoms with E-state index in [1.165, 1.54) is 18.2 Å². The van der Waals surface area contributed by atoms with Crippen molar-refractivity contribution in [3.63, 3.8) is 0 Å². The molecule has 0 radical (unpaired) electrons. The Hall–Kier alpha value is -1.39. The molecule has 0 aliphatic rings. The van der Waals surface area contributed by atoms with Crippen LogP contribution in [-0.4, -0.2) is 10.2 Å². The first-order valence-corrected chi connectivity index (χ1v) is 6.88. The van der Waals surface area contributed by atoms with Gasteiger partial charge >= 0.3 is 0 Å². The van der Waals surface area contributed by atoms with E-state index in [2.05, 4.69) is 21.2 Å². The molecule has 0 bridgehead atoms. The van der Waals surface area contributed by atoms with Crippen molar-refractivity contribution in [3.8, 4) is 11.5 Å². The molecule has 0 saturated heterocycles. The van der Waals surface area contributed by atoms with Gasteiger partial charge in [-0.15, -0.1) is 0 Å². The number of benzene rings is 2. The Balaban J connectivity index is 2.22. The summed E-state index contributed by atoms with van der Waals surface area (Å²) in [5.74, 6) is 0.268. The lowest BCUT2D eigenvalue weighted by atomic mass is 10.1. The van der Waals surface area contributed by atoms with Crippen molar-refractivity contribution in [1.82, 2.24) is 0 Å². The minimum Gasteiger partial charge on any atom is -0.508 e. The van der Waals surface area contributed by atoms with Crippen molar-refractivity contribution >= 4 is 33.2 Å². The number of rotatable bonds is 3. The first-order chi connectivity index (χ1) is 8.97. The highest BCUT2D eigenvalue weighted by Gasteiger charge is 2.11. The summed E-state index contributed by atoms with van der Waals surface area (Å²) in [6, 6.07) is 9.80. The number of phenolic OH excluding ortho intramolecular Hbond substituents is 2. The van der Waals surface area contributed by atoms with Gasteiger partial charge < -0.3 is 15.5 Å². The molecule has 2 rings (SSSR count). The Labute approximate surface area is 125 Å². The first-order valence-electron chi connectivity index (χ1n) is 5.71. The number of nitrogens with one attached hydrogen (secondary N) is 1. The molecule has 2 aromatic rings. The molecule has 2 aromatic carbocycles. The highest BCUT2D eigenvalue weighted by atomic mass is 79.9. The molecule has 5 heteroatoms. The van der Waals surface area contributed by atoms with Gasteiger partial charge in [0.25, 0.3) is 0 Å². The van der Waals surface area contributed by atoms with E-state index in [0.717, 1.165) is 10.2 Å². The maximum atomic E-state index is 9.80. The molecule has 1 unspecified atom stereocenters. The summed E-state index contributed by atoms with van der Waals surface area (Å²) in [5.41, 5.74) is 1.50. The van der Waals surface area contributed by atoms with Gasteiger partial charge in [-0.1, -0.05) is 11.6 Å². The predicted molar refractivity (Wildman–Crippen MR) is 81.0 cm³/mol. The van der Waals surface area contributed by atoms with E-state index in [0.29, 0.717) is 10.6 Å². The van der Waals surface area contributed by atoms with E-state index in [9.17, 15) is 10.2 Å². The average molecular weight is 343 g/mol. The number of halogens is 2. The molecule has 0 heterocycles. The Morgan fingerprint density at radius 1 is 1.16 bits per heavy atom. The Morgan fingerprint density at radius 3 is 2.58 bits per heavy atom. The SMILES string of the molecule is CC(Nc1ccc(Cl)c(Br)c1)c1cc(O)ccc1O. The third-order valence-electron chi connectivity index (χ3n) is 2.78. The largest absolute Gasteiger partial charge is 0.508 e. The van der Waals surface area contributed by atoms with Crippen LogP contribution in [-0.2, 0) is 0 Å². The van der Waals surface area contributed by atoms with Crippen LogP contribution in [0, 0.1) is 0 Å². The normalized spacial score (nSPS) is 12.2. The Bertz CT molecular complexity index is 604. The number of hydrogen-bond acceptors (Lipinski definition) is 3. The predicted octanol–water partition coefficient (Wildman–Crippen LogP) is 4.69. The molecule has 3 N–H and O–H groups in total. The lowest BCUT2D eigenvalue weighted by molar-refractivity contribution is 0.451. The summed E-state index contributed by atoms with van der Waals surface area (Å²) in [6.07, 6.45) is 0. The Kier molecular flexibility index (Phi) is 4.22. The number of anilines is 1. The molecule has 0 fully saturated rings. The molecule has 19 heavy (non-hydrogen) atoms. The standard InChI is InChI=1S/C14H13BrClNO2/c1-8(11-7-10(18)3-5-14(11)19)17-9-2-4-13(16)12(15)6-9/h2-8,17-19H,1H3. The maximum absolute atomic E-state index is 9.80. The minimum absolute atomic E-state index is 0.124. The van der Waals surface area contributed by atoms with Crippen molar-refractivity contribution < 1.29 is 10.2 Å². The van der Waals surface area contributed by atoms with Crippen molar-refractivity contribution in [2.45, 2.75) is 13.0 Å². The molecular weight excluding hydrogens is 330 g/mol. The zero-order valence-electron chi connectivity index (χ0n) is 10.2. The molecule has 100 valence electrons. The van der Waals surface area contributed by atoms with Crippen LogP contribution in [0.3, 0.4) is 0 Å². The number of aromatic hydroxyl groups is 2. The van der Waals surface area contributed by atoms with Crippen molar-refractivity contribution in [3.05, 3.63) is 51.5 Å². The smallest absolute Gasteiger partial charge is 0.121 e. The second-order valence-corrected chi connectivity index (χ2v) is 5.50. The van der Waals surface area contributed by atoms with Gasteiger partial charge in [0.05, 0.1) is 11.1 Å². The van der Waals surface area contributed by atoms with Crippen LogP contribution in [0.15, 0.2) is 40.9 Å². The van der Waals surface area contributed by atoms with Crippen LogP contribution in [0.25, 0.3) is 0 Å². The fourth-order valence-electron chi connectivity index (χ4n) is 1.80. The van der Waals surface area contributed by atoms with E-state index >= 15 is 0 Å². The van der Waals surface area contributed by atoms with Crippen molar-refractivity contribution in [1.29, 1.82) is 0 Å². The van der Waals surface area contributed by atoms with Crippen LogP contribution < -0.4 is 5.32 Å². The summed E-state index contributed by atoms with van der Waals surface area (Å²) in [4.78, 5) is 0. The fourth-order valence-corrected chi connectivity index (χ4v) is 2.30. The molecule has 0 saturated carbocycles. The zero-order valence-corrected chi connectivity index (χ0v) is 12.5. The molecule has 0 aliphatic heterocycles. The molecule has 0 aromatic heterocycles. The summed E-state index contributed by atoms with van der Waals surface area (Å²) in [6.45, 7) is 1.90. The quantitative estimate of drug-likeness (QED) is 0.709. The van der Waals surface area contributed by atoms with Crippen LogP contribution in [0.1, 0.15) is 18.5 Å².